The average molecular weight is 572 g/mol. The zero-order valence-electron chi connectivity index (χ0n) is 21.5. The van der Waals surface area contributed by atoms with Gasteiger partial charge in [0.1, 0.15) is 11.8 Å². The van der Waals surface area contributed by atoms with Gasteiger partial charge in [-0.1, -0.05) is 84.4 Å². The van der Waals surface area contributed by atoms with Gasteiger partial charge in [-0.3, -0.25) is 9.59 Å². The monoisotopic (exact) mass is 571 g/mol. The SMILES string of the molecule is COc1cccc(C2C(C(=O)c3ccc(Cl)s3)C(C=Cc3ccccc3)N(C(=O)c3ccccc3)C2C(=O)O)c1. The van der Waals surface area contributed by atoms with Crippen LogP contribution in [0.4, 0.5) is 0 Å². The summed E-state index contributed by atoms with van der Waals surface area (Å²) in [5.41, 5.74) is 1.79. The quantitative estimate of drug-likeness (QED) is 0.238. The molecule has 0 aliphatic carbocycles. The Hall–Kier alpha value is -4.20. The molecule has 5 rings (SSSR count). The van der Waals surface area contributed by atoms with Gasteiger partial charge in [0.15, 0.2) is 5.78 Å². The normalized spacial score (nSPS) is 20.5. The fraction of sp³-hybridized carbons (Fsp3) is 0.156. The number of thiophene rings is 1. The molecule has 0 spiro atoms. The highest BCUT2D eigenvalue weighted by atomic mass is 35.5. The average Bonchev–Trinajstić information content (AvgIpc) is 3.58. The smallest absolute Gasteiger partial charge is 0.327 e. The van der Waals surface area contributed by atoms with Crippen molar-refractivity contribution in [1.29, 1.82) is 0 Å². The second kappa shape index (κ2) is 11.9. The van der Waals surface area contributed by atoms with E-state index in [1.54, 1.807) is 72.8 Å². The minimum Gasteiger partial charge on any atom is -0.497 e. The van der Waals surface area contributed by atoms with E-state index >= 15 is 0 Å². The maximum atomic E-state index is 14.2. The predicted octanol–water partition coefficient (Wildman–Crippen LogP) is 6.68. The van der Waals surface area contributed by atoms with Crippen LogP contribution < -0.4 is 4.74 Å². The fourth-order valence-corrected chi connectivity index (χ4v) is 6.39. The number of ether oxygens (including phenoxy) is 1. The summed E-state index contributed by atoms with van der Waals surface area (Å²) in [7, 11) is 1.52. The number of amides is 1. The third kappa shape index (κ3) is 5.43. The van der Waals surface area contributed by atoms with Crippen molar-refractivity contribution in [2.24, 2.45) is 5.92 Å². The number of carboxylic acid groups (broad SMARTS) is 1. The highest BCUT2D eigenvalue weighted by molar-refractivity contribution is 7.18. The summed E-state index contributed by atoms with van der Waals surface area (Å²) in [6.45, 7) is 0. The number of nitrogens with zero attached hydrogens (tertiary/aromatic N) is 1. The van der Waals surface area contributed by atoms with Crippen LogP contribution in [0.5, 0.6) is 5.75 Å². The van der Waals surface area contributed by atoms with Gasteiger partial charge in [-0.05, 0) is 47.5 Å². The molecule has 6 nitrogen and oxygen atoms in total. The van der Waals surface area contributed by atoms with Crippen LogP contribution in [0.1, 0.15) is 37.1 Å². The summed E-state index contributed by atoms with van der Waals surface area (Å²) in [5.74, 6) is -3.19. The van der Waals surface area contributed by atoms with Crippen LogP contribution >= 0.6 is 22.9 Å². The first-order valence-electron chi connectivity index (χ1n) is 12.7. The van der Waals surface area contributed by atoms with Gasteiger partial charge in [-0.25, -0.2) is 4.79 Å². The summed E-state index contributed by atoms with van der Waals surface area (Å²) in [6, 6.07) is 26.1. The van der Waals surface area contributed by atoms with Crippen LogP contribution in [0.2, 0.25) is 4.34 Å². The van der Waals surface area contributed by atoms with Gasteiger partial charge < -0.3 is 14.7 Å². The van der Waals surface area contributed by atoms with E-state index in [0.717, 1.165) is 16.9 Å². The maximum Gasteiger partial charge on any atom is 0.327 e. The summed E-state index contributed by atoms with van der Waals surface area (Å²) in [6.07, 6.45) is 3.59. The molecular weight excluding hydrogens is 546 g/mol. The molecule has 1 saturated heterocycles. The number of carbonyl (C=O) groups is 3. The van der Waals surface area contributed by atoms with Crippen LogP contribution in [-0.2, 0) is 4.79 Å². The van der Waals surface area contributed by atoms with Gasteiger partial charge in [-0.2, -0.15) is 0 Å². The second-order valence-corrected chi connectivity index (χ2v) is 11.1. The number of Topliss-reactive ketones (excluding diaryl/α,β-unsaturated/α-hetero) is 1. The van der Waals surface area contributed by atoms with Crippen LogP contribution in [0.3, 0.4) is 0 Å². The molecule has 40 heavy (non-hydrogen) atoms. The molecule has 1 aliphatic heterocycles. The number of halogens is 1. The molecule has 0 bridgehead atoms. The van der Waals surface area contributed by atoms with E-state index in [2.05, 4.69) is 0 Å². The van der Waals surface area contributed by atoms with Gasteiger partial charge in [0.2, 0.25) is 0 Å². The van der Waals surface area contributed by atoms with Crippen molar-refractivity contribution in [3.05, 3.63) is 129 Å². The standard InChI is InChI=1S/C32H26ClNO5S/c1-39-23-14-8-13-22(19-23)27-28(30(35)25-17-18-26(33)40-25)24(16-15-20-9-4-2-5-10-20)34(29(27)32(37)38)31(36)21-11-6-3-7-12-21/h2-19,24,27-29H,1H3,(H,37,38). The van der Waals surface area contributed by atoms with Crippen molar-refractivity contribution in [2.75, 3.05) is 7.11 Å². The first kappa shape index (κ1) is 27.4. The Bertz CT molecular complexity index is 1550. The Balaban J connectivity index is 1.73. The third-order valence-electron chi connectivity index (χ3n) is 7.11. The number of likely N-dealkylation sites (tertiary alicyclic amines) is 1. The first-order valence-corrected chi connectivity index (χ1v) is 13.9. The Kier molecular flexibility index (Phi) is 8.14. The summed E-state index contributed by atoms with van der Waals surface area (Å²) in [5, 5.41) is 10.6. The second-order valence-electron chi connectivity index (χ2n) is 9.42. The van der Waals surface area contributed by atoms with Gasteiger partial charge in [-0.15, -0.1) is 11.3 Å². The molecule has 1 aromatic heterocycles. The largest absolute Gasteiger partial charge is 0.497 e. The van der Waals surface area contributed by atoms with E-state index in [0.29, 0.717) is 26.1 Å². The number of methoxy groups -OCH3 is 1. The Morgan fingerprint density at radius 1 is 0.925 bits per heavy atom. The van der Waals surface area contributed by atoms with Gasteiger partial charge in [0, 0.05) is 11.5 Å². The Labute approximate surface area is 241 Å². The van der Waals surface area contributed by atoms with E-state index in [1.165, 1.54) is 12.0 Å². The molecule has 202 valence electrons. The van der Waals surface area contributed by atoms with Crippen LogP contribution in [-0.4, -0.2) is 46.9 Å². The highest BCUT2D eigenvalue weighted by Gasteiger charge is 2.56. The van der Waals surface area contributed by atoms with Crippen LogP contribution in [0.25, 0.3) is 6.08 Å². The Morgan fingerprint density at radius 2 is 1.62 bits per heavy atom. The molecule has 2 heterocycles. The van der Waals surface area contributed by atoms with Gasteiger partial charge in [0.25, 0.3) is 5.91 Å². The van der Waals surface area contributed by atoms with E-state index < -0.39 is 35.8 Å². The number of benzene rings is 3. The molecule has 1 amide bonds. The van der Waals surface area contributed by atoms with Crippen molar-refractivity contribution in [1.82, 2.24) is 4.90 Å². The summed E-state index contributed by atoms with van der Waals surface area (Å²) in [4.78, 5) is 43.1. The molecule has 3 aromatic carbocycles. The lowest BCUT2D eigenvalue weighted by Crippen LogP contribution is -2.46. The molecular formula is C32H26ClNO5S. The van der Waals surface area contributed by atoms with E-state index in [9.17, 15) is 19.5 Å². The minimum absolute atomic E-state index is 0.276. The molecule has 1 fully saturated rings. The number of hydrogen-bond acceptors (Lipinski definition) is 5. The van der Waals surface area contributed by atoms with Crippen molar-refractivity contribution in [3.8, 4) is 5.75 Å². The molecule has 8 heteroatoms. The highest BCUT2D eigenvalue weighted by Crippen LogP contribution is 2.47. The fourth-order valence-electron chi connectivity index (χ4n) is 5.36. The predicted molar refractivity (Wildman–Crippen MR) is 156 cm³/mol. The molecule has 4 atom stereocenters. The first-order chi connectivity index (χ1) is 19.4. The molecule has 0 radical (unpaired) electrons. The summed E-state index contributed by atoms with van der Waals surface area (Å²) < 4.78 is 5.87. The third-order valence-corrected chi connectivity index (χ3v) is 8.35. The number of carbonyl (C=O) groups excluding carboxylic acids is 2. The van der Waals surface area contributed by atoms with Gasteiger partial charge in [0.05, 0.1) is 28.3 Å². The van der Waals surface area contributed by atoms with Gasteiger partial charge >= 0.3 is 5.97 Å². The molecule has 1 aliphatic rings. The lowest BCUT2D eigenvalue weighted by atomic mass is 9.78. The van der Waals surface area contributed by atoms with Crippen LogP contribution in [0.15, 0.2) is 103 Å². The lowest BCUT2D eigenvalue weighted by molar-refractivity contribution is -0.142. The number of carboxylic acids is 1. The van der Waals surface area contributed by atoms with E-state index in [1.807, 2.05) is 36.4 Å². The number of aliphatic carboxylic acids is 1. The van der Waals surface area contributed by atoms with E-state index in [-0.39, 0.29) is 5.78 Å². The zero-order valence-corrected chi connectivity index (χ0v) is 23.1. The zero-order chi connectivity index (χ0) is 28.2. The number of hydrogen-bond donors (Lipinski definition) is 1. The Morgan fingerprint density at radius 3 is 2.25 bits per heavy atom. The molecule has 1 N–H and O–H groups in total. The maximum absolute atomic E-state index is 14.2. The van der Waals surface area contributed by atoms with Crippen LogP contribution in [0, 0.1) is 5.92 Å². The van der Waals surface area contributed by atoms with E-state index in [4.69, 9.17) is 16.3 Å². The van der Waals surface area contributed by atoms with Crippen molar-refractivity contribution in [2.45, 2.75) is 18.0 Å². The molecule has 0 saturated carbocycles. The minimum atomic E-state index is -1.32. The number of ketones is 1. The van der Waals surface area contributed by atoms with Crippen molar-refractivity contribution in [3.63, 3.8) is 0 Å². The topological polar surface area (TPSA) is 83.9 Å². The lowest BCUT2D eigenvalue weighted by Gasteiger charge is -2.28. The molecule has 4 unspecified atom stereocenters. The van der Waals surface area contributed by atoms with Crippen molar-refractivity contribution >= 4 is 46.7 Å². The van der Waals surface area contributed by atoms with Crippen molar-refractivity contribution < 1.29 is 24.2 Å². The number of rotatable bonds is 8. The summed E-state index contributed by atoms with van der Waals surface area (Å²) >= 11 is 7.33. The molecule has 4 aromatic rings.